The fourth-order valence-corrected chi connectivity index (χ4v) is 8.43. The largest absolute Gasteiger partial charge is 0.494 e. The quantitative estimate of drug-likeness (QED) is 0.130. The summed E-state index contributed by atoms with van der Waals surface area (Å²) in [5, 5.41) is 9.10. The summed E-state index contributed by atoms with van der Waals surface area (Å²) >= 11 is 0. The minimum Gasteiger partial charge on any atom is -0.494 e. The molecule has 1 saturated carbocycles. The Kier molecular flexibility index (Phi) is 13.7. The fraction of sp³-hybridized carbons (Fsp3) is 0.568. The van der Waals surface area contributed by atoms with E-state index in [2.05, 4.69) is 48.6 Å². The molecule has 0 unspecified atom stereocenters. The van der Waals surface area contributed by atoms with Crippen molar-refractivity contribution in [1.82, 2.24) is 25.8 Å². The van der Waals surface area contributed by atoms with Crippen molar-refractivity contribution in [3.63, 3.8) is 0 Å². The molecule has 0 spiro atoms. The standard InChI is InChI=1S/C44H61N5O7/c1-29-36(56-28-46-29)31-16-14-30(15-17-31)25-45-39(52)34-13-12-22-49(34)40(53)37(42(2,3)4)47-35(50)26-54-23-10-9-11-24-55-33-20-18-32(19-21-33)38(51)48-41-43(5,6)27-44(41,7)8/h14-21,28,34,37,41H,9-13,22-27H2,1-8H3,(H,45,52)(H,47,50)(H,48,51)/t34-,37+/m0/s1. The van der Waals surface area contributed by atoms with E-state index < -0.39 is 17.5 Å². The molecule has 0 radical (unpaired) electrons. The SMILES string of the molecule is Cc1ncoc1-c1ccc(CNC(=O)[C@@H]2CCCN2C(=O)[C@@H](NC(=O)COCCCCCOc2ccc(C(=O)NC3C(C)(C)CC3(C)C)cc2)C(C)(C)C)cc1. The van der Waals surface area contributed by atoms with Crippen molar-refractivity contribution in [2.75, 3.05) is 26.4 Å². The van der Waals surface area contributed by atoms with E-state index in [-0.39, 0.29) is 47.1 Å². The molecular formula is C44H61N5O7. The third kappa shape index (κ3) is 10.8. The molecule has 4 amide bonds. The van der Waals surface area contributed by atoms with Gasteiger partial charge in [0.2, 0.25) is 17.7 Å². The molecule has 1 aliphatic heterocycles. The highest BCUT2D eigenvalue weighted by Gasteiger charge is 2.53. The van der Waals surface area contributed by atoms with Gasteiger partial charge in [-0.1, -0.05) is 72.7 Å². The lowest BCUT2D eigenvalue weighted by Gasteiger charge is -2.57. The summed E-state index contributed by atoms with van der Waals surface area (Å²) in [7, 11) is 0. The Morgan fingerprint density at radius 3 is 2.25 bits per heavy atom. The minimum atomic E-state index is -0.818. The summed E-state index contributed by atoms with van der Waals surface area (Å²) in [5.74, 6) is 0.507. The highest BCUT2D eigenvalue weighted by molar-refractivity contribution is 5.95. The van der Waals surface area contributed by atoms with Crippen LogP contribution in [-0.2, 0) is 25.7 Å². The molecule has 12 nitrogen and oxygen atoms in total. The predicted octanol–water partition coefficient (Wildman–Crippen LogP) is 6.61. The molecule has 3 N–H and O–H groups in total. The van der Waals surface area contributed by atoms with E-state index in [4.69, 9.17) is 13.9 Å². The lowest BCUT2D eigenvalue weighted by molar-refractivity contribution is -0.144. The summed E-state index contributed by atoms with van der Waals surface area (Å²) in [6.07, 6.45) is 6.17. The highest BCUT2D eigenvalue weighted by atomic mass is 16.5. The first-order chi connectivity index (χ1) is 26.5. The molecule has 56 heavy (non-hydrogen) atoms. The van der Waals surface area contributed by atoms with Crippen molar-refractivity contribution >= 4 is 23.6 Å². The predicted molar refractivity (Wildman–Crippen MR) is 215 cm³/mol. The number of unbranched alkanes of at least 4 members (excludes halogenated alkanes) is 2. The van der Waals surface area contributed by atoms with Crippen LogP contribution in [0.1, 0.15) is 109 Å². The lowest BCUT2D eigenvalue weighted by Crippen LogP contribution is -2.63. The Labute approximate surface area is 331 Å². The zero-order valence-electron chi connectivity index (χ0n) is 34.5. The van der Waals surface area contributed by atoms with Gasteiger partial charge in [-0.15, -0.1) is 0 Å². The normalized spacial score (nSPS) is 18.1. The van der Waals surface area contributed by atoms with Crippen LogP contribution in [0.2, 0.25) is 0 Å². The number of rotatable bonds is 17. The lowest BCUT2D eigenvalue weighted by atomic mass is 9.52. The molecule has 5 rings (SSSR count). The highest BCUT2D eigenvalue weighted by Crippen LogP contribution is 2.53. The van der Waals surface area contributed by atoms with Crippen molar-refractivity contribution in [1.29, 1.82) is 0 Å². The van der Waals surface area contributed by atoms with Crippen LogP contribution in [0.25, 0.3) is 11.3 Å². The van der Waals surface area contributed by atoms with Gasteiger partial charge >= 0.3 is 0 Å². The van der Waals surface area contributed by atoms with Crippen LogP contribution in [0.15, 0.2) is 59.3 Å². The second-order valence-electron chi connectivity index (χ2n) is 17.8. The van der Waals surface area contributed by atoms with Gasteiger partial charge in [-0.3, -0.25) is 19.2 Å². The van der Waals surface area contributed by atoms with Gasteiger partial charge in [-0.25, -0.2) is 4.98 Å². The second kappa shape index (κ2) is 18.0. The van der Waals surface area contributed by atoms with Crippen molar-refractivity contribution in [3.05, 3.63) is 71.7 Å². The van der Waals surface area contributed by atoms with Crippen molar-refractivity contribution in [2.45, 2.75) is 119 Å². The first-order valence-electron chi connectivity index (χ1n) is 19.9. The molecule has 1 aliphatic carbocycles. The first kappa shape index (κ1) is 42.4. The number of oxazole rings is 1. The van der Waals surface area contributed by atoms with E-state index in [9.17, 15) is 19.2 Å². The number of benzene rings is 2. The molecule has 2 aromatic carbocycles. The second-order valence-corrected chi connectivity index (χ2v) is 17.8. The molecule has 2 fully saturated rings. The molecular weight excluding hydrogens is 711 g/mol. The van der Waals surface area contributed by atoms with Crippen molar-refractivity contribution in [2.24, 2.45) is 16.2 Å². The van der Waals surface area contributed by atoms with E-state index in [1.165, 1.54) is 6.39 Å². The third-order valence-corrected chi connectivity index (χ3v) is 11.0. The summed E-state index contributed by atoms with van der Waals surface area (Å²) < 4.78 is 17.0. The number of hydrogen-bond acceptors (Lipinski definition) is 8. The maximum absolute atomic E-state index is 13.9. The van der Waals surface area contributed by atoms with Crippen LogP contribution in [-0.4, -0.2) is 78.0 Å². The number of ether oxygens (including phenoxy) is 2. The molecule has 2 aliphatic rings. The van der Waals surface area contributed by atoms with Crippen LogP contribution in [0.3, 0.4) is 0 Å². The smallest absolute Gasteiger partial charge is 0.251 e. The van der Waals surface area contributed by atoms with Crippen molar-refractivity contribution < 1.29 is 33.1 Å². The average Bonchev–Trinajstić information content (AvgIpc) is 3.82. The van der Waals surface area contributed by atoms with E-state index >= 15 is 0 Å². The number of hydrogen-bond donors (Lipinski definition) is 3. The van der Waals surface area contributed by atoms with Gasteiger partial charge in [0.1, 0.15) is 24.4 Å². The number of nitrogens with one attached hydrogen (secondary N) is 3. The Morgan fingerprint density at radius 1 is 0.946 bits per heavy atom. The summed E-state index contributed by atoms with van der Waals surface area (Å²) in [4.78, 5) is 58.7. The summed E-state index contributed by atoms with van der Waals surface area (Å²) in [5.41, 5.74) is 2.85. The number of carbonyl (C=O) groups is 4. The first-order valence-corrected chi connectivity index (χ1v) is 19.9. The monoisotopic (exact) mass is 771 g/mol. The number of amides is 4. The number of aryl methyl sites for hydroxylation is 1. The maximum Gasteiger partial charge on any atom is 0.251 e. The van der Waals surface area contributed by atoms with Gasteiger partial charge in [0, 0.05) is 36.9 Å². The van der Waals surface area contributed by atoms with Gasteiger partial charge < -0.3 is 34.7 Å². The van der Waals surface area contributed by atoms with Gasteiger partial charge in [0.25, 0.3) is 5.91 Å². The molecule has 2 heterocycles. The Morgan fingerprint density at radius 2 is 1.62 bits per heavy atom. The Hall–Kier alpha value is -4.71. The van der Waals surface area contributed by atoms with Crippen LogP contribution in [0, 0.1) is 23.2 Å². The summed E-state index contributed by atoms with van der Waals surface area (Å²) in [6.45, 7) is 17.9. The maximum atomic E-state index is 13.9. The van der Waals surface area contributed by atoms with Crippen LogP contribution in [0.4, 0.5) is 0 Å². The zero-order valence-corrected chi connectivity index (χ0v) is 34.5. The van der Waals surface area contributed by atoms with E-state index in [0.29, 0.717) is 56.2 Å². The van der Waals surface area contributed by atoms with Crippen LogP contribution < -0.4 is 20.7 Å². The third-order valence-electron chi connectivity index (χ3n) is 11.0. The van der Waals surface area contributed by atoms with Gasteiger partial charge in [0.15, 0.2) is 12.2 Å². The number of aromatic nitrogens is 1. The van der Waals surface area contributed by atoms with E-state index in [0.717, 1.165) is 42.5 Å². The van der Waals surface area contributed by atoms with Crippen LogP contribution in [0.5, 0.6) is 5.75 Å². The van der Waals surface area contributed by atoms with Gasteiger partial charge in [-0.05, 0) is 91.5 Å². The van der Waals surface area contributed by atoms with Gasteiger partial charge in [-0.2, -0.15) is 0 Å². The van der Waals surface area contributed by atoms with E-state index in [1.54, 1.807) is 17.0 Å². The van der Waals surface area contributed by atoms with Crippen LogP contribution >= 0.6 is 0 Å². The van der Waals surface area contributed by atoms with Gasteiger partial charge in [0.05, 0.1) is 12.3 Å². The van der Waals surface area contributed by atoms with E-state index in [1.807, 2.05) is 64.1 Å². The minimum absolute atomic E-state index is 0.0635. The Balaban J connectivity index is 0.982. The number of carbonyl (C=O) groups excluding carboxylic acids is 4. The fourth-order valence-electron chi connectivity index (χ4n) is 8.43. The molecule has 1 aromatic heterocycles. The zero-order chi connectivity index (χ0) is 40.7. The number of likely N-dealkylation sites (tertiary alicyclic amines) is 1. The molecule has 0 bridgehead atoms. The molecule has 12 heteroatoms. The Bertz CT molecular complexity index is 1800. The number of nitrogens with zero attached hydrogens (tertiary/aromatic N) is 2. The average molecular weight is 772 g/mol. The molecule has 3 aromatic rings. The summed E-state index contributed by atoms with van der Waals surface area (Å²) in [6, 6.07) is 13.7. The van der Waals surface area contributed by atoms with Crippen molar-refractivity contribution in [3.8, 4) is 17.1 Å². The topological polar surface area (TPSA) is 152 Å². The molecule has 1 saturated heterocycles. The molecule has 304 valence electrons. The molecule has 2 atom stereocenters.